The van der Waals surface area contributed by atoms with Gasteiger partial charge in [-0.25, -0.2) is 14.4 Å². The van der Waals surface area contributed by atoms with Gasteiger partial charge < -0.3 is 19.4 Å². The largest absolute Gasteiger partial charge is 0.358 e. The van der Waals surface area contributed by atoms with Crippen molar-refractivity contribution in [1.29, 1.82) is 0 Å². The van der Waals surface area contributed by atoms with E-state index in [1.54, 1.807) is 6.07 Å². The zero-order valence-corrected chi connectivity index (χ0v) is 21.6. The number of benzene rings is 1. The second kappa shape index (κ2) is 9.89. The molecule has 1 aromatic heterocycles. The topological polar surface area (TPSA) is 61.8 Å². The second-order valence-corrected chi connectivity index (χ2v) is 10.6. The average Bonchev–Trinajstić information content (AvgIpc) is 2.89. The number of allylic oxidation sites excluding steroid dienone is 2. The zero-order chi connectivity index (χ0) is 25.5. The molecule has 3 atom stereocenters. The van der Waals surface area contributed by atoms with Gasteiger partial charge in [-0.05, 0) is 69.9 Å². The number of anilines is 1. The highest BCUT2D eigenvalue weighted by Crippen LogP contribution is 2.37. The van der Waals surface area contributed by atoms with Crippen molar-refractivity contribution in [1.82, 2.24) is 19.8 Å². The van der Waals surface area contributed by atoms with E-state index in [1.165, 1.54) is 12.1 Å². The maximum Gasteiger partial charge on any atom is 0.254 e. The third-order valence-corrected chi connectivity index (χ3v) is 8.06. The van der Waals surface area contributed by atoms with Crippen molar-refractivity contribution in [3.8, 4) is 0 Å². The van der Waals surface area contributed by atoms with Crippen LogP contribution in [0, 0.1) is 25.6 Å². The Kier molecular flexibility index (Phi) is 6.44. The number of hydrogen-bond acceptors (Lipinski definition) is 6. The van der Waals surface area contributed by atoms with Crippen LogP contribution in [0.25, 0.3) is 5.70 Å². The Morgan fingerprint density at radius 1 is 1.05 bits per heavy atom. The van der Waals surface area contributed by atoms with Gasteiger partial charge in [0.2, 0.25) is 5.95 Å². The number of piperidine rings is 1. The van der Waals surface area contributed by atoms with Crippen LogP contribution in [0.2, 0.25) is 0 Å². The minimum atomic E-state index is -0.400. The van der Waals surface area contributed by atoms with E-state index in [4.69, 9.17) is 4.74 Å². The fourth-order valence-corrected chi connectivity index (χ4v) is 6.15. The summed E-state index contributed by atoms with van der Waals surface area (Å²) in [4.78, 5) is 29.5. The van der Waals surface area contributed by atoms with Crippen molar-refractivity contribution in [3.05, 3.63) is 70.8 Å². The van der Waals surface area contributed by atoms with Crippen molar-refractivity contribution in [3.63, 3.8) is 0 Å². The van der Waals surface area contributed by atoms with Gasteiger partial charge >= 0.3 is 0 Å². The Bertz CT molecular complexity index is 1230. The number of fused-ring (bicyclic) bond motifs is 1. The first-order chi connectivity index (χ1) is 18.0. The van der Waals surface area contributed by atoms with Crippen LogP contribution in [0.3, 0.4) is 0 Å². The lowest BCUT2D eigenvalue weighted by Crippen LogP contribution is -2.65. The number of aryl methyl sites for hydroxylation is 2. The summed E-state index contributed by atoms with van der Waals surface area (Å²) in [6, 6.07) is 6.74. The molecule has 7 nitrogen and oxygen atoms in total. The van der Waals surface area contributed by atoms with Crippen molar-refractivity contribution in [2.24, 2.45) is 5.92 Å². The number of nitrogens with zero attached hydrogens (tertiary/aromatic N) is 5. The van der Waals surface area contributed by atoms with E-state index in [2.05, 4.69) is 25.8 Å². The molecule has 4 aliphatic rings. The number of amides is 1. The molecule has 3 saturated heterocycles. The minimum Gasteiger partial charge on any atom is -0.358 e. The van der Waals surface area contributed by atoms with E-state index in [1.807, 2.05) is 37.0 Å². The van der Waals surface area contributed by atoms with Crippen LogP contribution >= 0.6 is 0 Å². The third-order valence-electron chi connectivity index (χ3n) is 8.06. The van der Waals surface area contributed by atoms with Crippen molar-refractivity contribution < 1.29 is 13.9 Å². The summed E-state index contributed by atoms with van der Waals surface area (Å²) in [5, 5.41) is 0. The van der Waals surface area contributed by atoms with Crippen LogP contribution in [0.5, 0.6) is 0 Å². The monoisotopic (exact) mass is 503 g/mol. The smallest absolute Gasteiger partial charge is 0.254 e. The normalized spacial score (nSPS) is 25.4. The number of ether oxygens (including phenoxy) is 1. The van der Waals surface area contributed by atoms with Gasteiger partial charge in [-0.15, -0.1) is 0 Å². The van der Waals surface area contributed by atoms with E-state index >= 15 is 0 Å². The molecule has 0 spiro atoms. The molecule has 4 aliphatic heterocycles. The Labute approximate surface area is 217 Å². The molecule has 1 aromatic carbocycles. The molecule has 0 bridgehead atoms. The quantitative estimate of drug-likeness (QED) is 0.619. The maximum atomic E-state index is 14.5. The molecule has 194 valence electrons. The number of halogens is 1. The van der Waals surface area contributed by atoms with Gasteiger partial charge in [-0.1, -0.05) is 12.2 Å². The van der Waals surface area contributed by atoms with Crippen LogP contribution in [-0.2, 0) is 4.74 Å². The molecule has 2 aromatic rings. The Morgan fingerprint density at radius 2 is 1.89 bits per heavy atom. The van der Waals surface area contributed by atoms with E-state index < -0.39 is 5.82 Å². The second-order valence-electron chi connectivity index (χ2n) is 10.6. The molecular weight excluding hydrogens is 469 g/mol. The molecule has 0 saturated carbocycles. The molecule has 5 heterocycles. The molecule has 8 heteroatoms. The predicted octanol–water partition coefficient (Wildman–Crippen LogP) is 4.32. The summed E-state index contributed by atoms with van der Waals surface area (Å²) in [5.74, 6) is 0.733. The first-order valence-corrected chi connectivity index (χ1v) is 13.4. The Hall–Kier alpha value is -3.26. The molecule has 1 amide bonds. The van der Waals surface area contributed by atoms with Gasteiger partial charge in [0.1, 0.15) is 12.0 Å². The first-order valence-electron chi connectivity index (χ1n) is 13.4. The molecule has 6 rings (SSSR count). The van der Waals surface area contributed by atoms with Crippen LogP contribution in [0.1, 0.15) is 53.0 Å². The van der Waals surface area contributed by atoms with Crippen molar-refractivity contribution in [2.45, 2.75) is 51.8 Å². The number of carbonyl (C=O) groups is 1. The minimum absolute atomic E-state index is 0.0324. The predicted molar refractivity (Wildman–Crippen MR) is 140 cm³/mol. The summed E-state index contributed by atoms with van der Waals surface area (Å²) >= 11 is 0. The number of carbonyl (C=O) groups excluding carboxylic acids is 1. The van der Waals surface area contributed by atoms with E-state index in [9.17, 15) is 9.18 Å². The average molecular weight is 504 g/mol. The Morgan fingerprint density at radius 3 is 2.68 bits per heavy atom. The summed E-state index contributed by atoms with van der Waals surface area (Å²) in [6.45, 7) is 7.58. The lowest BCUT2D eigenvalue weighted by atomic mass is 9.82. The summed E-state index contributed by atoms with van der Waals surface area (Å²) in [5.41, 5.74) is 3.98. The van der Waals surface area contributed by atoms with E-state index in [0.717, 1.165) is 67.4 Å². The van der Waals surface area contributed by atoms with Crippen molar-refractivity contribution in [2.75, 3.05) is 37.7 Å². The van der Waals surface area contributed by atoms with Crippen molar-refractivity contribution >= 4 is 17.6 Å². The van der Waals surface area contributed by atoms with Gasteiger partial charge in [0.25, 0.3) is 5.91 Å². The number of aromatic nitrogens is 2. The molecule has 3 unspecified atom stereocenters. The third kappa shape index (κ3) is 4.63. The SMILES string of the molecule is Cc1cc(C)nc(N2CC3CCN(C(=O)c4cc(F)ccc4C4=CC=CCN4C4CCCCO4)CC32)n1. The first kappa shape index (κ1) is 24.1. The van der Waals surface area contributed by atoms with Crippen LogP contribution in [0.4, 0.5) is 10.3 Å². The lowest BCUT2D eigenvalue weighted by Gasteiger charge is -2.53. The summed E-state index contributed by atoms with van der Waals surface area (Å²) < 4.78 is 20.6. The van der Waals surface area contributed by atoms with Gasteiger partial charge in [-0.2, -0.15) is 0 Å². The highest BCUT2D eigenvalue weighted by Gasteiger charge is 2.45. The lowest BCUT2D eigenvalue weighted by molar-refractivity contribution is -0.0570. The van der Waals surface area contributed by atoms with Gasteiger partial charge in [-0.3, -0.25) is 4.79 Å². The fraction of sp³-hybridized carbons (Fsp3) is 0.483. The highest BCUT2D eigenvalue weighted by molar-refractivity contribution is 5.99. The van der Waals surface area contributed by atoms with Gasteiger partial charge in [0.15, 0.2) is 0 Å². The molecule has 0 aliphatic carbocycles. The van der Waals surface area contributed by atoms with Crippen LogP contribution < -0.4 is 4.90 Å². The maximum absolute atomic E-state index is 14.5. The standard InChI is InChI=1S/C29H34FN5O2/c1-19-15-20(2)32-29(31-19)35-17-21-11-13-33(18-26(21)35)28(36)24-16-22(30)9-10-23(24)25-7-3-5-12-34(25)27-8-4-6-14-37-27/h3,5,7,9-10,15-16,21,26-27H,4,6,8,11-14,17-18H2,1-2H3. The van der Waals surface area contributed by atoms with Gasteiger partial charge in [0, 0.05) is 61.4 Å². The van der Waals surface area contributed by atoms with Crippen LogP contribution in [0.15, 0.2) is 42.5 Å². The summed E-state index contributed by atoms with van der Waals surface area (Å²) in [6.07, 6.45) is 10.1. The molecule has 0 radical (unpaired) electrons. The Balaban J connectivity index is 1.26. The van der Waals surface area contributed by atoms with Crippen LogP contribution in [-0.4, -0.2) is 70.7 Å². The van der Waals surface area contributed by atoms with E-state index in [0.29, 0.717) is 31.1 Å². The zero-order valence-electron chi connectivity index (χ0n) is 21.6. The number of likely N-dealkylation sites (tertiary alicyclic amines) is 1. The molecule has 3 fully saturated rings. The number of rotatable bonds is 4. The van der Waals surface area contributed by atoms with E-state index in [-0.39, 0.29) is 18.2 Å². The van der Waals surface area contributed by atoms with Gasteiger partial charge in [0.05, 0.1) is 11.6 Å². The number of hydrogen-bond donors (Lipinski definition) is 0. The summed E-state index contributed by atoms with van der Waals surface area (Å²) in [7, 11) is 0. The molecule has 37 heavy (non-hydrogen) atoms. The molecular formula is C29H34FN5O2. The molecule has 0 N–H and O–H groups in total. The highest BCUT2D eigenvalue weighted by atomic mass is 19.1. The fourth-order valence-electron chi connectivity index (χ4n) is 6.15.